The average molecular weight is 864 g/mol. The van der Waals surface area contributed by atoms with Crippen LogP contribution in [0.1, 0.15) is 80.6 Å². The molecule has 0 saturated carbocycles. The van der Waals surface area contributed by atoms with Gasteiger partial charge in [-0.2, -0.15) is 4.98 Å². The second-order valence-electron chi connectivity index (χ2n) is 18.1. The van der Waals surface area contributed by atoms with Crippen LogP contribution in [-0.2, 0) is 15.0 Å². The molecule has 330 valence electrons. The van der Waals surface area contributed by atoms with E-state index in [4.69, 9.17) is 4.52 Å². The molecule has 0 spiro atoms. The van der Waals surface area contributed by atoms with E-state index in [9.17, 15) is 19.2 Å². The Morgan fingerprint density at radius 3 is 2.25 bits per heavy atom. The molecule has 3 aliphatic heterocycles. The lowest BCUT2D eigenvalue weighted by molar-refractivity contribution is -0.131. The van der Waals surface area contributed by atoms with Crippen LogP contribution in [0.4, 0.5) is 21.9 Å². The first-order valence-corrected chi connectivity index (χ1v) is 22.0. The average Bonchev–Trinajstić information content (AvgIpc) is 3.97. The summed E-state index contributed by atoms with van der Waals surface area (Å²) < 4.78 is 5.24. The molecule has 16 heteroatoms. The van der Waals surface area contributed by atoms with Gasteiger partial charge in [0.1, 0.15) is 12.0 Å². The zero-order valence-corrected chi connectivity index (χ0v) is 36.9. The van der Waals surface area contributed by atoms with E-state index in [0.717, 1.165) is 101 Å². The molecule has 16 nitrogen and oxygen atoms in total. The summed E-state index contributed by atoms with van der Waals surface area (Å²) in [6.45, 7) is 14.6. The molecule has 5 amide bonds. The van der Waals surface area contributed by atoms with Crippen molar-refractivity contribution in [1.29, 1.82) is 0 Å². The molecule has 1 unspecified atom stereocenters. The number of fused-ring (bicyclic) bond motifs is 1. The quantitative estimate of drug-likeness (QED) is 0.132. The Morgan fingerprint density at radius 1 is 0.859 bits per heavy atom. The van der Waals surface area contributed by atoms with Gasteiger partial charge in [0.05, 0.1) is 18.3 Å². The van der Waals surface area contributed by atoms with Crippen molar-refractivity contribution in [3.05, 3.63) is 102 Å². The standard InChI is InChI=1S/C48H53N11O5/c1-29-24-33(8-15-37(29)30(2)51-44(62)45-54-46(55-64-45)48(3,4)5)42-38-25-39(52-43(38)50-28-49-42)32-6-9-35(10-7-32)57-22-23-58(41(61)27-57)26-31-16-19-56(20-17-31)34-11-13-36(14-12-34)59-21-18-40(60)53-47(59)63/h6-15,24-25,28,30-31H,16-23,26-27H2,1-5H3,(H,51,62)(H,49,50,52)(H,53,60,63). The fourth-order valence-corrected chi connectivity index (χ4v) is 8.90. The maximum absolute atomic E-state index is 13.5. The predicted octanol–water partition coefficient (Wildman–Crippen LogP) is 6.78. The topological polar surface area (TPSA) is 186 Å². The van der Waals surface area contributed by atoms with Gasteiger partial charge in [-0.05, 0) is 97.8 Å². The van der Waals surface area contributed by atoms with E-state index >= 15 is 0 Å². The molecular weight excluding hydrogens is 811 g/mol. The van der Waals surface area contributed by atoms with Crippen LogP contribution in [0.5, 0.6) is 0 Å². The number of anilines is 3. The van der Waals surface area contributed by atoms with Gasteiger partial charge in [-0.25, -0.2) is 14.8 Å². The van der Waals surface area contributed by atoms with Crippen molar-refractivity contribution in [3.63, 3.8) is 0 Å². The summed E-state index contributed by atoms with van der Waals surface area (Å²) in [7, 11) is 0. The number of amides is 5. The number of carbonyl (C=O) groups is 4. The summed E-state index contributed by atoms with van der Waals surface area (Å²) in [5.74, 6) is 0.354. The molecular formula is C48H53N11O5. The molecule has 3 N–H and O–H groups in total. The van der Waals surface area contributed by atoms with Crippen LogP contribution in [0.25, 0.3) is 33.5 Å². The first-order chi connectivity index (χ1) is 30.8. The monoisotopic (exact) mass is 863 g/mol. The normalized spacial score (nSPS) is 17.0. The van der Waals surface area contributed by atoms with E-state index < -0.39 is 5.91 Å². The zero-order chi connectivity index (χ0) is 44.7. The molecule has 0 aliphatic carbocycles. The van der Waals surface area contributed by atoms with Gasteiger partial charge >= 0.3 is 17.8 Å². The largest absolute Gasteiger partial charge is 0.372 e. The number of aromatic amines is 1. The summed E-state index contributed by atoms with van der Waals surface area (Å²) in [6.07, 6.45) is 3.87. The molecule has 3 saturated heterocycles. The summed E-state index contributed by atoms with van der Waals surface area (Å²) in [5, 5.41) is 10.2. The SMILES string of the molecule is Cc1cc(-c2ncnc3[nH]c(-c4ccc(N5CCN(CC6CCN(c7ccc(N8CCC(=O)NC8=O)cc7)CC6)C(=O)C5)cc4)cc23)ccc1C(C)NC(=O)c1nc(C(C)(C)C)no1. The van der Waals surface area contributed by atoms with Gasteiger partial charge in [0, 0.05) is 84.8 Å². The van der Waals surface area contributed by atoms with Crippen molar-refractivity contribution in [3.8, 4) is 22.5 Å². The van der Waals surface area contributed by atoms with Gasteiger partial charge in [0.25, 0.3) is 0 Å². The van der Waals surface area contributed by atoms with Crippen molar-refractivity contribution < 1.29 is 23.7 Å². The first kappa shape index (κ1) is 42.2. The number of piperidine rings is 1. The van der Waals surface area contributed by atoms with Gasteiger partial charge in [-0.15, -0.1) is 0 Å². The maximum atomic E-state index is 13.5. The summed E-state index contributed by atoms with van der Waals surface area (Å²) in [6, 6.07) is 23.7. The highest BCUT2D eigenvalue weighted by Gasteiger charge is 2.30. The third kappa shape index (κ3) is 8.76. The fourth-order valence-electron chi connectivity index (χ4n) is 8.90. The summed E-state index contributed by atoms with van der Waals surface area (Å²) in [4.78, 5) is 75.3. The molecule has 3 fully saturated rings. The second-order valence-corrected chi connectivity index (χ2v) is 18.1. The number of hydrogen-bond donors (Lipinski definition) is 3. The lowest BCUT2D eigenvalue weighted by Crippen LogP contribution is -2.52. The molecule has 3 aliphatic rings. The second kappa shape index (κ2) is 17.2. The summed E-state index contributed by atoms with van der Waals surface area (Å²) >= 11 is 0. The third-order valence-electron chi connectivity index (χ3n) is 12.6. The van der Waals surface area contributed by atoms with Gasteiger partial charge < -0.3 is 29.5 Å². The number of nitrogens with one attached hydrogen (secondary N) is 3. The van der Waals surface area contributed by atoms with Gasteiger partial charge in [0.15, 0.2) is 5.82 Å². The molecule has 1 atom stereocenters. The fraction of sp³-hybridized carbons (Fsp3) is 0.375. The minimum absolute atomic E-state index is 0.0592. The Bertz CT molecular complexity index is 2710. The smallest absolute Gasteiger partial charge is 0.328 e. The van der Waals surface area contributed by atoms with E-state index in [1.54, 1.807) is 11.2 Å². The van der Waals surface area contributed by atoms with Crippen molar-refractivity contribution in [1.82, 2.24) is 40.6 Å². The van der Waals surface area contributed by atoms with Crippen LogP contribution in [0.2, 0.25) is 0 Å². The Hall–Kier alpha value is -7.10. The first-order valence-electron chi connectivity index (χ1n) is 22.0. The van der Waals surface area contributed by atoms with Gasteiger partial charge in [-0.3, -0.25) is 24.6 Å². The van der Waals surface area contributed by atoms with Crippen molar-refractivity contribution >= 4 is 51.8 Å². The maximum Gasteiger partial charge on any atom is 0.328 e. The van der Waals surface area contributed by atoms with Gasteiger partial charge in [-0.1, -0.05) is 50.2 Å². The highest BCUT2D eigenvalue weighted by Crippen LogP contribution is 2.33. The Labute approximate surface area is 371 Å². The zero-order valence-electron chi connectivity index (χ0n) is 36.9. The summed E-state index contributed by atoms with van der Waals surface area (Å²) in [5.41, 5.74) is 8.90. The number of urea groups is 1. The molecule has 3 aromatic carbocycles. The number of H-pyrrole nitrogens is 1. The Kier molecular flexibility index (Phi) is 11.4. The molecule has 3 aromatic heterocycles. The van der Waals surface area contributed by atoms with E-state index in [0.29, 0.717) is 37.8 Å². The number of piperazine rings is 1. The van der Waals surface area contributed by atoms with E-state index in [-0.39, 0.29) is 35.2 Å². The highest BCUT2D eigenvalue weighted by molar-refractivity contribution is 6.05. The van der Waals surface area contributed by atoms with Crippen LogP contribution < -0.4 is 25.3 Å². The molecule has 6 aromatic rings. The highest BCUT2D eigenvalue weighted by atomic mass is 16.5. The van der Waals surface area contributed by atoms with E-state index in [1.807, 2.05) is 75.9 Å². The third-order valence-corrected chi connectivity index (χ3v) is 12.6. The Morgan fingerprint density at radius 2 is 1.56 bits per heavy atom. The number of nitrogens with zero attached hydrogens (tertiary/aromatic N) is 8. The van der Waals surface area contributed by atoms with Crippen LogP contribution in [0.3, 0.4) is 0 Å². The van der Waals surface area contributed by atoms with Crippen LogP contribution >= 0.6 is 0 Å². The predicted molar refractivity (Wildman–Crippen MR) is 244 cm³/mol. The van der Waals surface area contributed by atoms with Crippen LogP contribution in [0.15, 0.2) is 83.6 Å². The van der Waals surface area contributed by atoms with Gasteiger partial charge in [0.2, 0.25) is 11.8 Å². The minimum atomic E-state index is -0.421. The van der Waals surface area contributed by atoms with Crippen molar-refractivity contribution in [2.45, 2.75) is 65.3 Å². The molecule has 0 bridgehead atoms. The number of imide groups is 1. The molecule has 64 heavy (non-hydrogen) atoms. The van der Waals surface area contributed by atoms with Crippen molar-refractivity contribution in [2.75, 3.05) is 60.5 Å². The Balaban J connectivity index is 0.782. The van der Waals surface area contributed by atoms with E-state index in [2.05, 4.69) is 81.9 Å². The van der Waals surface area contributed by atoms with Crippen LogP contribution in [-0.4, -0.2) is 99.6 Å². The number of carbonyl (C=O) groups excluding carboxylic acids is 4. The number of benzene rings is 3. The lowest BCUT2D eigenvalue weighted by Gasteiger charge is -2.40. The number of hydrogen-bond acceptors (Lipinski definition) is 11. The van der Waals surface area contributed by atoms with Crippen molar-refractivity contribution in [2.24, 2.45) is 5.92 Å². The number of rotatable bonds is 10. The number of aryl methyl sites for hydroxylation is 1. The molecule has 6 heterocycles. The van der Waals surface area contributed by atoms with Crippen LogP contribution in [0, 0.1) is 12.8 Å². The molecule has 0 radical (unpaired) electrons. The van der Waals surface area contributed by atoms with E-state index in [1.165, 1.54) is 0 Å². The number of aromatic nitrogens is 5. The lowest BCUT2D eigenvalue weighted by atomic mass is 9.95. The molecule has 9 rings (SSSR count). The minimum Gasteiger partial charge on any atom is -0.372 e.